The Bertz CT molecular complexity index is 476. The van der Waals surface area contributed by atoms with Crippen molar-refractivity contribution in [1.82, 2.24) is 0 Å². The van der Waals surface area contributed by atoms with Crippen LogP contribution in [-0.2, 0) is 5.60 Å². The van der Waals surface area contributed by atoms with Crippen molar-refractivity contribution in [1.29, 1.82) is 0 Å². The Morgan fingerprint density at radius 2 is 2.00 bits per heavy atom. The van der Waals surface area contributed by atoms with Gasteiger partial charge in [0.05, 0.1) is 5.60 Å². The molecule has 3 heteroatoms. The third-order valence-corrected chi connectivity index (χ3v) is 5.98. The lowest BCUT2D eigenvalue weighted by Crippen LogP contribution is -2.51. The summed E-state index contributed by atoms with van der Waals surface area (Å²) < 4.78 is 0. The monoisotopic (exact) mass is 309 g/mol. The molecule has 3 N–H and O–H groups in total. The number of halogens is 1. The third-order valence-electron chi connectivity index (χ3n) is 5.74. The molecule has 1 atom stereocenters. The molecule has 0 heterocycles. The number of rotatable bonds is 4. The van der Waals surface area contributed by atoms with E-state index in [1.54, 1.807) is 0 Å². The molecule has 1 aliphatic carbocycles. The summed E-state index contributed by atoms with van der Waals surface area (Å²) in [5, 5.41) is 11.9. The first-order valence-electron chi connectivity index (χ1n) is 8.01. The molecule has 1 fully saturated rings. The molecule has 1 saturated carbocycles. The number of hydrogen-bond donors (Lipinski definition) is 2. The van der Waals surface area contributed by atoms with E-state index >= 15 is 0 Å². The predicted molar refractivity (Wildman–Crippen MR) is 89.3 cm³/mol. The van der Waals surface area contributed by atoms with Gasteiger partial charge in [-0.3, -0.25) is 0 Å². The molecule has 1 unspecified atom stereocenters. The van der Waals surface area contributed by atoms with E-state index in [9.17, 15) is 5.11 Å². The van der Waals surface area contributed by atoms with E-state index in [0.717, 1.165) is 37.2 Å². The zero-order chi connectivity index (χ0) is 15.7. The van der Waals surface area contributed by atoms with Gasteiger partial charge < -0.3 is 10.8 Å². The van der Waals surface area contributed by atoms with E-state index in [1.807, 2.05) is 31.2 Å². The quantitative estimate of drug-likeness (QED) is 0.869. The maximum absolute atomic E-state index is 11.3. The summed E-state index contributed by atoms with van der Waals surface area (Å²) in [6, 6.07) is 7.56. The fraction of sp³-hybridized carbons (Fsp3) is 0.667. The van der Waals surface area contributed by atoms with Gasteiger partial charge in [-0.25, -0.2) is 0 Å². The molecule has 0 saturated heterocycles. The van der Waals surface area contributed by atoms with Gasteiger partial charge in [-0.1, -0.05) is 37.6 Å². The summed E-state index contributed by atoms with van der Waals surface area (Å²) in [5.74, 6) is 1.46. The van der Waals surface area contributed by atoms with Crippen molar-refractivity contribution >= 4 is 11.6 Å². The van der Waals surface area contributed by atoms with Crippen molar-refractivity contribution in [3.05, 3.63) is 34.9 Å². The molecule has 1 aromatic carbocycles. The van der Waals surface area contributed by atoms with Crippen LogP contribution in [0.15, 0.2) is 24.3 Å². The molecule has 1 aliphatic rings. The molecule has 0 aromatic heterocycles. The van der Waals surface area contributed by atoms with Gasteiger partial charge in [0, 0.05) is 17.0 Å². The fourth-order valence-electron chi connectivity index (χ4n) is 3.85. The fourth-order valence-corrected chi connectivity index (χ4v) is 4.04. The summed E-state index contributed by atoms with van der Waals surface area (Å²) >= 11 is 6.10. The van der Waals surface area contributed by atoms with Crippen molar-refractivity contribution in [3.8, 4) is 0 Å². The lowest BCUT2D eigenvalue weighted by molar-refractivity contribution is -0.100. The van der Waals surface area contributed by atoms with Gasteiger partial charge in [0.2, 0.25) is 0 Å². The Morgan fingerprint density at radius 1 is 1.38 bits per heavy atom. The van der Waals surface area contributed by atoms with Gasteiger partial charge >= 0.3 is 0 Å². The molecule has 2 nitrogen and oxygen atoms in total. The lowest BCUT2D eigenvalue weighted by atomic mass is 9.59. The first kappa shape index (κ1) is 16.8. The van der Waals surface area contributed by atoms with Crippen LogP contribution in [0.1, 0.15) is 52.0 Å². The Balaban J connectivity index is 2.28. The second kappa shape index (κ2) is 6.28. The minimum absolute atomic E-state index is 0.247. The standard InChI is InChI=1S/C18H28ClNO/c1-13(2)14-7-9-18(12-20,10-8-14)17(3,21)15-5-4-6-16(19)11-15/h4-6,11,13-14,21H,7-10,12,20H2,1-3H3. The molecule has 0 radical (unpaired) electrons. The summed E-state index contributed by atoms with van der Waals surface area (Å²) in [6.07, 6.45) is 4.24. The van der Waals surface area contributed by atoms with Gasteiger partial charge in [0.25, 0.3) is 0 Å². The lowest BCUT2D eigenvalue weighted by Gasteiger charge is -2.49. The third kappa shape index (κ3) is 3.13. The average Bonchev–Trinajstić information content (AvgIpc) is 2.47. The van der Waals surface area contributed by atoms with E-state index in [4.69, 9.17) is 17.3 Å². The van der Waals surface area contributed by atoms with Crippen molar-refractivity contribution in [2.75, 3.05) is 6.54 Å². The summed E-state index contributed by atoms with van der Waals surface area (Å²) in [6.45, 7) is 6.99. The number of hydrogen-bond acceptors (Lipinski definition) is 2. The van der Waals surface area contributed by atoms with Gasteiger partial charge in [0.15, 0.2) is 0 Å². The van der Waals surface area contributed by atoms with Crippen molar-refractivity contribution < 1.29 is 5.11 Å². The molecule has 2 rings (SSSR count). The summed E-state index contributed by atoms with van der Waals surface area (Å²) in [7, 11) is 0. The highest BCUT2D eigenvalue weighted by atomic mass is 35.5. The van der Waals surface area contributed by atoms with Gasteiger partial charge in [-0.05, 0) is 62.1 Å². The van der Waals surface area contributed by atoms with Crippen molar-refractivity contribution in [3.63, 3.8) is 0 Å². The van der Waals surface area contributed by atoms with Crippen LogP contribution >= 0.6 is 11.6 Å². The maximum atomic E-state index is 11.3. The van der Waals surface area contributed by atoms with Crippen LogP contribution in [-0.4, -0.2) is 11.7 Å². The molecular formula is C18H28ClNO. The van der Waals surface area contributed by atoms with E-state index < -0.39 is 5.60 Å². The molecular weight excluding hydrogens is 282 g/mol. The van der Waals surface area contributed by atoms with Crippen LogP contribution < -0.4 is 5.73 Å². The van der Waals surface area contributed by atoms with Gasteiger partial charge in [-0.2, -0.15) is 0 Å². The average molecular weight is 310 g/mol. The molecule has 0 aliphatic heterocycles. The van der Waals surface area contributed by atoms with E-state index in [-0.39, 0.29) is 5.41 Å². The van der Waals surface area contributed by atoms with Crippen LogP contribution in [0.4, 0.5) is 0 Å². The SMILES string of the molecule is CC(C)C1CCC(CN)(C(C)(O)c2cccc(Cl)c2)CC1. The number of nitrogens with two attached hydrogens (primary N) is 1. The highest BCUT2D eigenvalue weighted by molar-refractivity contribution is 6.30. The summed E-state index contributed by atoms with van der Waals surface area (Å²) in [5.41, 5.74) is 5.82. The van der Waals surface area contributed by atoms with Crippen LogP contribution in [0.3, 0.4) is 0 Å². The predicted octanol–water partition coefficient (Wildman–Crippen LogP) is 4.34. The second-order valence-corrected chi connectivity index (χ2v) is 7.58. The minimum Gasteiger partial charge on any atom is -0.385 e. The van der Waals surface area contributed by atoms with Crippen LogP contribution in [0.2, 0.25) is 5.02 Å². The van der Waals surface area contributed by atoms with E-state index in [0.29, 0.717) is 17.5 Å². The molecule has 0 spiro atoms. The van der Waals surface area contributed by atoms with Crippen molar-refractivity contribution in [2.45, 2.75) is 52.1 Å². The highest BCUT2D eigenvalue weighted by Crippen LogP contribution is 2.51. The van der Waals surface area contributed by atoms with E-state index in [1.165, 1.54) is 0 Å². The Morgan fingerprint density at radius 3 is 2.48 bits per heavy atom. The second-order valence-electron chi connectivity index (χ2n) is 7.15. The Kier molecular flexibility index (Phi) is 5.02. The van der Waals surface area contributed by atoms with E-state index in [2.05, 4.69) is 13.8 Å². The summed E-state index contributed by atoms with van der Waals surface area (Å²) in [4.78, 5) is 0. The highest BCUT2D eigenvalue weighted by Gasteiger charge is 2.49. The smallest absolute Gasteiger partial charge is 0.0937 e. The van der Waals surface area contributed by atoms with Crippen molar-refractivity contribution in [2.24, 2.45) is 23.0 Å². The number of benzene rings is 1. The number of aliphatic hydroxyl groups is 1. The zero-order valence-electron chi connectivity index (χ0n) is 13.4. The molecule has 21 heavy (non-hydrogen) atoms. The normalized spacial score (nSPS) is 29.4. The minimum atomic E-state index is -0.936. The topological polar surface area (TPSA) is 46.2 Å². The van der Waals surface area contributed by atoms with Crippen LogP contribution in [0, 0.1) is 17.3 Å². The first-order chi connectivity index (χ1) is 9.82. The van der Waals surface area contributed by atoms with Gasteiger partial charge in [0.1, 0.15) is 0 Å². The van der Waals surface area contributed by atoms with Crippen LogP contribution in [0.5, 0.6) is 0 Å². The largest absolute Gasteiger partial charge is 0.385 e. The molecule has 1 aromatic rings. The molecule has 0 bridgehead atoms. The Hall–Kier alpha value is -0.570. The van der Waals surface area contributed by atoms with Gasteiger partial charge in [-0.15, -0.1) is 0 Å². The Labute approximate surface area is 133 Å². The first-order valence-corrected chi connectivity index (χ1v) is 8.39. The molecule has 0 amide bonds. The molecule has 118 valence electrons. The maximum Gasteiger partial charge on any atom is 0.0937 e. The van der Waals surface area contributed by atoms with Crippen LogP contribution in [0.25, 0.3) is 0 Å². The zero-order valence-corrected chi connectivity index (χ0v) is 14.2.